The van der Waals surface area contributed by atoms with Crippen molar-refractivity contribution in [2.45, 2.75) is 55.9 Å². The molecule has 6 heteroatoms. The van der Waals surface area contributed by atoms with Gasteiger partial charge in [-0.2, -0.15) is 0 Å². The van der Waals surface area contributed by atoms with Gasteiger partial charge in [0.1, 0.15) is 5.76 Å². The lowest BCUT2D eigenvalue weighted by atomic mass is 9.88. The van der Waals surface area contributed by atoms with Crippen molar-refractivity contribution in [2.75, 3.05) is 32.8 Å². The molecular weight excluding hydrogens is 350 g/mol. The van der Waals surface area contributed by atoms with Gasteiger partial charge in [0.05, 0.1) is 12.3 Å². The number of hydrogen-bond donors (Lipinski definition) is 1. The second-order valence-electron chi connectivity index (χ2n) is 7.77. The van der Waals surface area contributed by atoms with Gasteiger partial charge >= 0.3 is 0 Å². The van der Waals surface area contributed by atoms with Crippen LogP contribution in [0.3, 0.4) is 0 Å². The fourth-order valence-corrected chi connectivity index (χ4v) is 5.42. The molecule has 0 radical (unpaired) electrons. The van der Waals surface area contributed by atoms with Gasteiger partial charge in [0.25, 0.3) is 5.91 Å². The fraction of sp³-hybridized carbons (Fsp3) is 0.700. The van der Waals surface area contributed by atoms with Crippen molar-refractivity contribution in [3.05, 3.63) is 23.5 Å². The van der Waals surface area contributed by atoms with Crippen LogP contribution in [0, 0.1) is 0 Å². The minimum Gasteiger partial charge on any atom is -0.494 e. The maximum absolute atomic E-state index is 13.0. The van der Waals surface area contributed by atoms with Gasteiger partial charge in [-0.05, 0) is 76.3 Å². The summed E-state index contributed by atoms with van der Waals surface area (Å²) in [6.07, 6.45) is 10.6. The first-order valence-electron chi connectivity index (χ1n) is 9.91. The topological polar surface area (TPSA) is 53.9 Å². The number of allylic oxidation sites excluding steroid dienone is 1. The van der Waals surface area contributed by atoms with E-state index in [-0.39, 0.29) is 5.91 Å². The molecule has 26 heavy (non-hydrogen) atoms. The monoisotopic (exact) mass is 377 g/mol. The number of ether oxygens (including phenoxy) is 1. The van der Waals surface area contributed by atoms with Gasteiger partial charge in [0.2, 0.25) is 0 Å². The van der Waals surface area contributed by atoms with E-state index < -0.39 is 4.87 Å². The maximum Gasteiger partial charge on any atom is 0.251 e. The third-order valence-electron chi connectivity index (χ3n) is 6.29. The predicted molar refractivity (Wildman–Crippen MR) is 104 cm³/mol. The summed E-state index contributed by atoms with van der Waals surface area (Å²) in [4.78, 5) is 18.9. The Morgan fingerprint density at radius 1 is 1.38 bits per heavy atom. The number of amides is 1. The Bertz CT molecular complexity index is 675. The molecule has 1 atom stereocenters. The van der Waals surface area contributed by atoms with Crippen LogP contribution in [0.15, 0.2) is 28.5 Å². The van der Waals surface area contributed by atoms with Gasteiger partial charge in [0, 0.05) is 18.6 Å². The van der Waals surface area contributed by atoms with Crippen molar-refractivity contribution in [1.82, 2.24) is 10.2 Å². The Morgan fingerprint density at radius 3 is 2.88 bits per heavy atom. The van der Waals surface area contributed by atoms with E-state index in [2.05, 4.69) is 15.2 Å². The van der Waals surface area contributed by atoms with Crippen LogP contribution >= 0.6 is 11.6 Å². The van der Waals surface area contributed by atoms with Crippen molar-refractivity contribution < 1.29 is 9.53 Å². The molecule has 0 aromatic rings. The highest BCUT2D eigenvalue weighted by Gasteiger charge is 2.46. The molecule has 1 N–H and O–H groups in total. The predicted octanol–water partition coefficient (Wildman–Crippen LogP) is 2.80. The number of nitrogens with zero attached hydrogens (tertiary/aromatic N) is 2. The maximum atomic E-state index is 13.0. The summed E-state index contributed by atoms with van der Waals surface area (Å²) >= 11 is 6.81. The van der Waals surface area contributed by atoms with Crippen LogP contribution in [0.2, 0.25) is 0 Å². The molecule has 2 fully saturated rings. The molecule has 142 valence electrons. The molecule has 0 bridgehead atoms. The number of carbonyl (C=O) groups is 1. The average molecular weight is 378 g/mol. The molecule has 0 aromatic carbocycles. The standard InChI is InChI=1S/C20H28ClN3O2/c1-2-26-16-13-15-5-9-22-17(15)20(21,14-16)18(25)23-10-8-19-6-3-11-24(19)12-4-7-19/h13-14H,2-12H2,1H3,(H,23,25). The highest BCUT2D eigenvalue weighted by Crippen LogP contribution is 2.41. The van der Waals surface area contributed by atoms with E-state index in [1.54, 1.807) is 6.08 Å². The second kappa shape index (κ2) is 7.01. The van der Waals surface area contributed by atoms with Crippen LogP contribution in [0.4, 0.5) is 0 Å². The van der Waals surface area contributed by atoms with Crippen molar-refractivity contribution in [1.29, 1.82) is 0 Å². The molecule has 4 rings (SSSR count). The average Bonchev–Trinajstić information content (AvgIpc) is 3.30. The summed E-state index contributed by atoms with van der Waals surface area (Å²) < 4.78 is 5.64. The third-order valence-corrected chi connectivity index (χ3v) is 6.75. The SMILES string of the molecule is CCOC1=CC(Cl)(C(=O)NCCC23CCCN2CCC3)C2=NCCC2=C1. The van der Waals surface area contributed by atoms with E-state index in [9.17, 15) is 4.79 Å². The summed E-state index contributed by atoms with van der Waals surface area (Å²) in [5.41, 5.74) is 2.03. The number of hydrogen-bond acceptors (Lipinski definition) is 4. The number of fused-ring (bicyclic) bond motifs is 2. The van der Waals surface area contributed by atoms with E-state index in [0.29, 0.717) is 36.7 Å². The Kier molecular flexibility index (Phi) is 4.86. The lowest BCUT2D eigenvalue weighted by molar-refractivity contribution is -0.121. The zero-order valence-corrected chi connectivity index (χ0v) is 16.3. The number of carbonyl (C=O) groups excluding carboxylic acids is 1. The minimum atomic E-state index is -1.24. The van der Waals surface area contributed by atoms with Crippen LogP contribution in [-0.2, 0) is 9.53 Å². The van der Waals surface area contributed by atoms with Crippen LogP contribution in [0.25, 0.3) is 0 Å². The van der Waals surface area contributed by atoms with E-state index in [0.717, 1.165) is 18.4 Å². The molecule has 4 aliphatic rings. The van der Waals surface area contributed by atoms with Gasteiger partial charge < -0.3 is 10.1 Å². The van der Waals surface area contributed by atoms with Crippen molar-refractivity contribution in [3.63, 3.8) is 0 Å². The zero-order valence-electron chi connectivity index (χ0n) is 15.5. The van der Waals surface area contributed by atoms with Gasteiger partial charge in [-0.15, -0.1) is 0 Å². The Labute approximate surface area is 160 Å². The van der Waals surface area contributed by atoms with Crippen LogP contribution in [-0.4, -0.2) is 59.7 Å². The Balaban J connectivity index is 1.44. The number of alkyl halides is 1. The molecule has 0 spiro atoms. The number of aliphatic imine (C=N–C) groups is 1. The van der Waals surface area contributed by atoms with E-state index in [4.69, 9.17) is 16.3 Å². The fourth-order valence-electron chi connectivity index (χ4n) is 5.07. The number of nitrogens with one attached hydrogen (secondary N) is 1. The molecule has 0 aromatic heterocycles. The van der Waals surface area contributed by atoms with Gasteiger partial charge in [-0.3, -0.25) is 14.7 Å². The van der Waals surface area contributed by atoms with E-state index >= 15 is 0 Å². The first kappa shape index (κ1) is 18.1. The number of rotatable bonds is 6. The molecule has 1 unspecified atom stereocenters. The number of halogens is 1. The summed E-state index contributed by atoms with van der Waals surface area (Å²) in [5, 5.41) is 3.10. The molecule has 2 saturated heterocycles. The highest BCUT2D eigenvalue weighted by molar-refractivity contribution is 6.52. The van der Waals surface area contributed by atoms with E-state index in [1.165, 1.54) is 38.8 Å². The van der Waals surface area contributed by atoms with Crippen molar-refractivity contribution in [2.24, 2.45) is 4.99 Å². The third kappa shape index (κ3) is 2.99. The van der Waals surface area contributed by atoms with Crippen molar-refractivity contribution in [3.8, 4) is 0 Å². The summed E-state index contributed by atoms with van der Waals surface area (Å²) in [7, 11) is 0. The van der Waals surface area contributed by atoms with Crippen LogP contribution in [0.1, 0.15) is 45.4 Å². The quantitative estimate of drug-likeness (QED) is 0.724. The molecule has 3 aliphatic heterocycles. The molecule has 3 heterocycles. The lowest BCUT2D eigenvalue weighted by Gasteiger charge is -2.33. The summed E-state index contributed by atoms with van der Waals surface area (Å²) in [5.74, 6) is 0.492. The van der Waals surface area contributed by atoms with Crippen LogP contribution in [0.5, 0.6) is 0 Å². The second-order valence-corrected chi connectivity index (χ2v) is 8.36. The first-order valence-corrected chi connectivity index (χ1v) is 10.3. The Hall–Kier alpha value is -1.33. The largest absolute Gasteiger partial charge is 0.494 e. The molecule has 5 nitrogen and oxygen atoms in total. The molecule has 1 aliphatic carbocycles. The van der Waals surface area contributed by atoms with Gasteiger partial charge in [-0.25, -0.2) is 0 Å². The van der Waals surface area contributed by atoms with Gasteiger partial charge in [-0.1, -0.05) is 11.6 Å². The van der Waals surface area contributed by atoms with Gasteiger partial charge in [0.15, 0.2) is 4.87 Å². The summed E-state index contributed by atoms with van der Waals surface area (Å²) in [6, 6.07) is 0. The van der Waals surface area contributed by atoms with E-state index in [1.807, 2.05) is 13.0 Å². The first-order chi connectivity index (χ1) is 12.6. The highest BCUT2D eigenvalue weighted by atomic mass is 35.5. The molecule has 0 saturated carbocycles. The molecule has 1 amide bonds. The summed E-state index contributed by atoms with van der Waals surface area (Å²) in [6.45, 7) is 6.25. The zero-order chi connectivity index (χ0) is 18.2. The van der Waals surface area contributed by atoms with Crippen LogP contribution < -0.4 is 5.32 Å². The normalized spacial score (nSPS) is 29.5. The minimum absolute atomic E-state index is 0.179. The Morgan fingerprint density at radius 2 is 2.15 bits per heavy atom. The van der Waals surface area contributed by atoms with Crippen molar-refractivity contribution >= 4 is 23.2 Å². The lowest BCUT2D eigenvalue weighted by Crippen LogP contribution is -2.50. The smallest absolute Gasteiger partial charge is 0.251 e. The molecular formula is C20H28ClN3O2.